The molecule has 1 aliphatic rings. The Morgan fingerprint density at radius 1 is 1.42 bits per heavy atom. The molecule has 0 bridgehead atoms. The van der Waals surface area contributed by atoms with Gasteiger partial charge in [0.25, 0.3) is 0 Å². The average Bonchev–Trinajstić information content (AvgIpc) is 2.65. The van der Waals surface area contributed by atoms with E-state index in [4.69, 9.17) is 4.74 Å². The van der Waals surface area contributed by atoms with Crippen LogP contribution < -0.4 is 0 Å². The zero-order valence-electron chi connectivity index (χ0n) is 11.5. The topological polar surface area (TPSA) is 57.0 Å². The third-order valence-corrected chi connectivity index (χ3v) is 3.62. The van der Waals surface area contributed by atoms with Gasteiger partial charge in [-0.1, -0.05) is 43.6 Å². The highest BCUT2D eigenvalue weighted by Gasteiger charge is 2.22. The smallest absolute Gasteiger partial charge is 0.361 e. The maximum absolute atomic E-state index is 11.8. The lowest BCUT2D eigenvalue weighted by atomic mass is 10.1. The average molecular weight is 263 g/mol. The lowest BCUT2D eigenvalue weighted by Gasteiger charge is -2.15. The molecule has 0 amide bonds. The second-order valence-corrected chi connectivity index (χ2v) is 5.00. The molecule has 1 aliphatic carbocycles. The van der Waals surface area contributed by atoms with Gasteiger partial charge in [0.1, 0.15) is 6.61 Å². The van der Waals surface area contributed by atoms with Crippen LogP contribution in [-0.4, -0.2) is 27.6 Å². The van der Waals surface area contributed by atoms with Crippen LogP contribution in [0.15, 0.2) is 12.7 Å². The Balaban J connectivity index is 2.12. The SMILES string of the molecule is C=CCOC(=O)c1nnn(C2CCCCCC2)c1C. The maximum Gasteiger partial charge on any atom is 0.361 e. The van der Waals surface area contributed by atoms with Crippen LogP contribution in [0.3, 0.4) is 0 Å². The molecule has 0 radical (unpaired) electrons. The number of carbonyl (C=O) groups is 1. The number of hydrogen-bond acceptors (Lipinski definition) is 4. The Labute approximate surface area is 113 Å². The van der Waals surface area contributed by atoms with Gasteiger partial charge in [0.15, 0.2) is 5.69 Å². The van der Waals surface area contributed by atoms with Gasteiger partial charge in [-0.3, -0.25) is 0 Å². The van der Waals surface area contributed by atoms with Crippen molar-refractivity contribution in [2.75, 3.05) is 6.61 Å². The van der Waals surface area contributed by atoms with Crippen LogP contribution in [0.4, 0.5) is 0 Å². The first-order valence-corrected chi connectivity index (χ1v) is 6.94. The lowest BCUT2D eigenvalue weighted by molar-refractivity contribution is 0.0542. The molecule has 5 nitrogen and oxygen atoms in total. The lowest BCUT2D eigenvalue weighted by Crippen LogP contribution is -2.13. The molecule has 5 heteroatoms. The minimum Gasteiger partial charge on any atom is -0.457 e. The van der Waals surface area contributed by atoms with Gasteiger partial charge in [-0.2, -0.15) is 0 Å². The number of rotatable bonds is 4. The summed E-state index contributed by atoms with van der Waals surface area (Å²) in [5.74, 6) is -0.419. The molecule has 0 saturated heterocycles. The Morgan fingerprint density at radius 2 is 2.11 bits per heavy atom. The second kappa shape index (κ2) is 6.50. The van der Waals surface area contributed by atoms with Gasteiger partial charge in [0.05, 0.1) is 11.7 Å². The van der Waals surface area contributed by atoms with Gasteiger partial charge in [0.2, 0.25) is 0 Å². The molecule has 1 fully saturated rings. The Bertz CT molecular complexity index is 446. The van der Waals surface area contributed by atoms with Crippen molar-refractivity contribution >= 4 is 5.97 Å². The molecule has 19 heavy (non-hydrogen) atoms. The van der Waals surface area contributed by atoms with E-state index in [2.05, 4.69) is 16.9 Å². The first-order chi connectivity index (χ1) is 9.24. The fourth-order valence-electron chi connectivity index (χ4n) is 2.58. The van der Waals surface area contributed by atoms with Gasteiger partial charge >= 0.3 is 5.97 Å². The van der Waals surface area contributed by atoms with Gasteiger partial charge in [-0.25, -0.2) is 9.48 Å². The third kappa shape index (κ3) is 3.22. The first kappa shape index (κ1) is 13.8. The summed E-state index contributed by atoms with van der Waals surface area (Å²) >= 11 is 0. The molecule has 1 aromatic rings. The largest absolute Gasteiger partial charge is 0.457 e. The van der Waals surface area contributed by atoms with E-state index in [-0.39, 0.29) is 6.61 Å². The predicted octanol–water partition coefficient (Wildman–Crippen LogP) is 2.82. The molecular formula is C14H21N3O2. The summed E-state index contributed by atoms with van der Waals surface area (Å²) in [5.41, 5.74) is 1.13. The van der Waals surface area contributed by atoms with Crippen LogP contribution >= 0.6 is 0 Å². The second-order valence-electron chi connectivity index (χ2n) is 5.00. The summed E-state index contributed by atoms with van der Waals surface area (Å²) in [6.07, 6.45) is 8.80. The first-order valence-electron chi connectivity index (χ1n) is 6.94. The molecule has 1 aromatic heterocycles. The van der Waals surface area contributed by atoms with Crippen LogP contribution in [-0.2, 0) is 4.74 Å². The van der Waals surface area contributed by atoms with Crippen LogP contribution in [0.2, 0.25) is 0 Å². The monoisotopic (exact) mass is 263 g/mol. The number of ether oxygens (including phenoxy) is 1. The van der Waals surface area contributed by atoms with E-state index in [9.17, 15) is 4.79 Å². The van der Waals surface area contributed by atoms with Gasteiger partial charge in [-0.15, -0.1) is 5.10 Å². The van der Waals surface area contributed by atoms with Gasteiger partial charge in [-0.05, 0) is 19.8 Å². The molecule has 1 heterocycles. The standard InChI is InChI=1S/C14H21N3O2/c1-3-10-19-14(18)13-11(2)17(16-15-13)12-8-6-4-5-7-9-12/h3,12H,1,4-10H2,2H3. The Morgan fingerprint density at radius 3 is 2.74 bits per heavy atom. The number of aromatic nitrogens is 3. The fourth-order valence-corrected chi connectivity index (χ4v) is 2.58. The normalized spacial score (nSPS) is 16.9. The highest BCUT2D eigenvalue weighted by atomic mass is 16.5. The maximum atomic E-state index is 11.8. The Kier molecular flexibility index (Phi) is 4.71. The molecule has 104 valence electrons. The summed E-state index contributed by atoms with van der Waals surface area (Å²) in [4.78, 5) is 11.8. The van der Waals surface area contributed by atoms with Crippen LogP contribution in [0.5, 0.6) is 0 Å². The van der Waals surface area contributed by atoms with Crippen molar-refractivity contribution in [2.45, 2.75) is 51.5 Å². The van der Waals surface area contributed by atoms with Crippen molar-refractivity contribution in [3.05, 3.63) is 24.0 Å². The summed E-state index contributed by atoms with van der Waals surface area (Å²) in [5, 5.41) is 8.13. The molecule has 0 spiro atoms. The molecule has 0 atom stereocenters. The summed E-state index contributed by atoms with van der Waals surface area (Å²) in [7, 11) is 0. The van der Waals surface area contributed by atoms with E-state index < -0.39 is 5.97 Å². The number of esters is 1. The molecule has 0 unspecified atom stereocenters. The fraction of sp³-hybridized carbons (Fsp3) is 0.643. The van der Waals surface area contributed by atoms with E-state index in [1.807, 2.05) is 11.6 Å². The summed E-state index contributed by atoms with van der Waals surface area (Å²) in [6.45, 7) is 5.61. The van der Waals surface area contributed by atoms with Crippen molar-refractivity contribution in [1.29, 1.82) is 0 Å². The predicted molar refractivity (Wildman–Crippen MR) is 72.0 cm³/mol. The van der Waals surface area contributed by atoms with E-state index in [1.54, 1.807) is 6.08 Å². The minimum atomic E-state index is -0.419. The molecule has 0 N–H and O–H groups in total. The number of nitrogens with zero attached hydrogens (tertiary/aromatic N) is 3. The van der Waals surface area contributed by atoms with Crippen molar-refractivity contribution in [3.63, 3.8) is 0 Å². The van der Waals surface area contributed by atoms with Crippen LogP contribution in [0, 0.1) is 6.92 Å². The third-order valence-electron chi connectivity index (χ3n) is 3.62. The van der Waals surface area contributed by atoms with Crippen molar-refractivity contribution in [3.8, 4) is 0 Å². The van der Waals surface area contributed by atoms with Crippen LogP contribution in [0.1, 0.15) is 60.7 Å². The molecule has 0 aliphatic heterocycles. The highest BCUT2D eigenvalue weighted by molar-refractivity contribution is 5.88. The number of carbonyl (C=O) groups excluding carboxylic acids is 1. The van der Waals surface area contributed by atoms with Crippen LogP contribution in [0.25, 0.3) is 0 Å². The molecule has 1 saturated carbocycles. The van der Waals surface area contributed by atoms with E-state index >= 15 is 0 Å². The van der Waals surface area contributed by atoms with E-state index in [1.165, 1.54) is 25.7 Å². The quantitative estimate of drug-likeness (QED) is 0.476. The van der Waals surface area contributed by atoms with E-state index in [0.717, 1.165) is 18.5 Å². The summed E-state index contributed by atoms with van der Waals surface area (Å²) < 4.78 is 6.91. The molecular weight excluding hydrogens is 242 g/mol. The molecule has 2 rings (SSSR count). The number of hydrogen-bond donors (Lipinski definition) is 0. The van der Waals surface area contributed by atoms with Crippen molar-refractivity contribution < 1.29 is 9.53 Å². The highest BCUT2D eigenvalue weighted by Crippen LogP contribution is 2.27. The zero-order chi connectivity index (χ0) is 13.7. The van der Waals surface area contributed by atoms with Gasteiger partial charge < -0.3 is 4.74 Å². The minimum absolute atomic E-state index is 0.203. The zero-order valence-corrected chi connectivity index (χ0v) is 11.5. The van der Waals surface area contributed by atoms with E-state index in [0.29, 0.717) is 11.7 Å². The molecule has 0 aromatic carbocycles. The van der Waals surface area contributed by atoms with Gasteiger partial charge in [0, 0.05) is 0 Å². The summed E-state index contributed by atoms with van der Waals surface area (Å²) in [6, 6.07) is 0.371. The van der Waals surface area contributed by atoms with Crippen molar-refractivity contribution in [1.82, 2.24) is 15.0 Å². The van der Waals surface area contributed by atoms with Crippen molar-refractivity contribution in [2.24, 2.45) is 0 Å². The Hall–Kier alpha value is -1.65.